The lowest BCUT2D eigenvalue weighted by molar-refractivity contribution is 0.112. The summed E-state index contributed by atoms with van der Waals surface area (Å²) < 4.78 is 1.01. The van der Waals surface area contributed by atoms with E-state index in [-0.39, 0.29) is 0 Å². The summed E-state index contributed by atoms with van der Waals surface area (Å²) in [7, 11) is 3.93. The van der Waals surface area contributed by atoms with Gasteiger partial charge in [-0.3, -0.25) is 4.79 Å². The molecule has 0 spiro atoms. The van der Waals surface area contributed by atoms with Gasteiger partial charge >= 0.3 is 0 Å². The number of halogens is 1. The molecule has 0 amide bonds. The van der Waals surface area contributed by atoms with E-state index >= 15 is 0 Å². The van der Waals surface area contributed by atoms with Gasteiger partial charge in [0.2, 0.25) is 0 Å². The van der Waals surface area contributed by atoms with Gasteiger partial charge in [0.25, 0.3) is 0 Å². The van der Waals surface area contributed by atoms with Crippen molar-refractivity contribution in [2.45, 2.75) is 0 Å². The van der Waals surface area contributed by atoms with Crippen molar-refractivity contribution in [3.63, 3.8) is 0 Å². The van der Waals surface area contributed by atoms with Crippen LogP contribution in [0, 0.1) is 3.57 Å². The number of aldehydes is 1. The van der Waals surface area contributed by atoms with Gasteiger partial charge in [-0.2, -0.15) is 0 Å². The van der Waals surface area contributed by atoms with Crippen molar-refractivity contribution in [2.24, 2.45) is 0 Å². The molecule has 0 aliphatic heterocycles. The molecule has 1 aromatic rings. The van der Waals surface area contributed by atoms with Gasteiger partial charge in [0.1, 0.15) is 0 Å². The number of hydrogen-bond acceptors (Lipinski definition) is 2. The van der Waals surface area contributed by atoms with Crippen LogP contribution in [0.3, 0.4) is 0 Å². The van der Waals surface area contributed by atoms with Crippen molar-refractivity contribution in [1.29, 1.82) is 0 Å². The van der Waals surface area contributed by atoms with E-state index in [1.807, 2.05) is 37.2 Å². The molecule has 0 aliphatic carbocycles. The summed E-state index contributed by atoms with van der Waals surface area (Å²) in [5, 5.41) is 0. The van der Waals surface area contributed by atoms with Crippen LogP contribution in [0.5, 0.6) is 0 Å². The number of rotatable bonds is 2. The highest BCUT2D eigenvalue weighted by Gasteiger charge is 2.04. The Bertz CT molecular complexity index is 297. The zero-order chi connectivity index (χ0) is 9.14. The predicted molar refractivity (Wildman–Crippen MR) is 58.9 cm³/mol. The first kappa shape index (κ1) is 9.51. The predicted octanol–water partition coefficient (Wildman–Crippen LogP) is 2.17. The van der Waals surface area contributed by atoms with Gasteiger partial charge in [0, 0.05) is 23.2 Å². The smallest absolute Gasteiger partial charge is 0.151 e. The average molecular weight is 275 g/mol. The van der Waals surface area contributed by atoms with Crippen molar-refractivity contribution in [3.8, 4) is 0 Å². The van der Waals surface area contributed by atoms with Gasteiger partial charge in [-0.15, -0.1) is 0 Å². The highest BCUT2D eigenvalue weighted by Crippen LogP contribution is 2.22. The largest absolute Gasteiger partial charge is 0.377 e. The molecule has 0 fully saturated rings. The Kier molecular flexibility index (Phi) is 3.08. The van der Waals surface area contributed by atoms with Gasteiger partial charge in [0.15, 0.2) is 6.29 Å². The number of anilines is 1. The second kappa shape index (κ2) is 3.89. The molecule has 0 N–H and O–H groups in total. The van der Waals surface area contributed by atoms with E-state index < -0.39 is 0 Å². The SMILES string of the molecule is CN(C)c1cccc(C=O)c1I. The van der Waals surface area contributed by atoms with Crippen LogP contribution in [-0.4, -0.2) is 20.4 Å². The molecular formula is C9H10INO. The zero-order valence-electron chi connectivity index (χ0n) is 7.04. The minimum atomic E-state index is 0.752. The fraction of sp³-hybridized carbons (Fsp3) is 0.222. The second-order valence-electron chi connectivity index (χ2n) is 2.69. The van der Waals surface area contributed by atoms with Gasteiger partial charge < -0.3 is 4.90 Å². The van der Waals surface area contributed by atoms with E-state index in [4.69, 9.17) is 0 Å². The van der Waals surface area contributed by atoms with Crippen LogP contribution in [0.2, 0.25) is 0 Å². The Labute approximate surface area is 85.7 Å². The molecule has 0 saturated heterocycles. The van der Waals surface area contributed by atoms with Crippen molar-refractivity contribution in [2.75, 3.05) is 19.0 Å². The number of hydrogen-bond donors (Lipinski definition) is 0. The van der Waals surface area contributed by atoms with Crippen LogP contribution in [0.4, 0.5) is 5.69 Å². The lowest BCUT2D eigenvalue weighted by atomic mass is 10.2. The monoisotopic (exact) mass is 275 g/mol. The molecule has 0 atom stereocenters. The summed E-state index contributed by atoms with van der Waals surface area (Å²) in [6.07, 6.45) is 0.884. The summed E-state index contributed by atoms with van der Waals surface area (Å²) in [5.74, 6) is 0. The molecule has 1 rings (SSSR count). The Morgan fingerprint density at radius 3 is 2.58 bits per heavy atom. The van der Waals surface area contributed by atoms with Crippen LogP contribution >= 0.6 is 22.6 Å². The Morgan fingerprint density at radius 2 is 2.08 bits per heavy atom. The van der Waals surface area contributed by atoms with Crippen LogP contribution in [0.15, 0.2) is 18.2 Å². The molecule has 2 nitrogen and oxygen atoms in total. The zero-order valence-corrected chi connectivity index (χ0v) is 9.20. The lowest BCUT2D eigenvalue weighted by Gasteiger charge is -2.14. The highest BCUT2D eigenvalue weighted by molar-refractivity contribution is 14.1. The van der Waals surface area contributed by atoms with Gasteiger partial charge in [-0.25, -0.2) is 0 Å². The van der Waals surface area contributed by atoms with Crippen molar-refractivity contribution >= 4 is 34.6 Å². The minimum Gasteiger partial charge on any atom is -0.377 e. The molecule has 0 unspecified atom stereocenters. The molecule has 0 aliphatic rings. The number of benzene rings is 1. The summed E-state index contributed by atoms with van der Waals surface area (Å²) in [6.45, 7) is 0. The molecule has 0 saturated carbocycles. The Hall–Kier alpha value is -0.580. The van der Waals surface area contributed by atoms with Crippen molar-refractivity contribution in [3.05, 3.63) is 27.3 Å². The van der Waals surface area contributed by atoms with Crippen LogP contribution in [0.1, 0.15) is 10.4 Å². The van der Waals surface area contributed by atoms with Crippen molar-refractivity contribution < 1.29 is 4.79 Å². The molecule has 64 valence electrons. The van der Waals surface area contributed by atoms with E-state index in [0.717, 1.165) is 21.1 Å². The van der Waals surface area contributed by atoms with E-state index in [0.29, 0.717) is 0 Å². The average Bonchev–Trinajstić information content (AvgIpc) is 2.04. The first-order valence-corrected chi connectivity index (χ1v) is 4.65. The normalized spacial score (nSPS) is 9.58. The quantitative estimate of drug-likeness (QED) is 0.609. The topological polar surface area (TPSA) is 20.3 Å². The minimum absolute atomic E-state index is 0.752. The molecule has 0 aromatic heterocycles. The molecule has 12 heavy (non-hydrogen) atoms. The lowest BCUT2D eigenvalue weighted by Crippen LogP contribution is -2.11. The van der Waals surface area contributed by atoms with E-state index in [9.17, 15) is 4.79 Å². The fourth-order valence-electron chi connectivity index (χ4n) is 0.974. The van der Waals surface area contributed by atoms with Gasteiger partial charge in [0.05, 0.1) is 5.69 Å². The summed E-state index contributed by atoms with van der Waals surface area (Å²) in [6, 6.07) is 5.71. The first-order chi connectivity index (χ1) is 5.66. The van der Waals surface area contributed by atoms with Crippen LogP contribution in [0.25, 0.3) is 0 Å². The van der Waals surface area contributed by atoms with E-state index in [1.165, 1.54) is 0 Å². The van der Waals surface area contributed by atoms with Gasteiger partial charge in [-0.05, 0) is 28.7 Å². The maximum Gasteiger partial charge on any atom is 0.151 e. The van der Waals surface area contributed by atoms with E-state index in [2.05, 4.69) is 22.6 Å². The standard InChI is InChI=1S/C9H10INO/c1-11(2)8-5-3-4-7(6-12)9(8)10/h3-6H,1-2H3. The number of nitrogens with zero attached hydrogens (tertiary/aromatic N) is 1. The fourth-order valence-corrected chi connectivity index (χ4v) is 1.94. The number of carbonyl (C=O) groups excluding carboxylic acids is 1. The summed E-state index contributed by atoms with van der Waals surface area (Å²) in [4.78, 5) is 12.6. The Balaban J connectivity index is 3.22. The maximum absolute atomic E-state index is 10.6. The third-order valence-corrected chi connectivity index (χ3v) is 2.79. The molecule has 3 heteroatoms. The van der Waals surface area contributed by atoms with Crippen LogP contribution in [-0.2, 0) is 0 Å². The number of carbonyl (C=O) groups is 1. The molecular weight excluding hydrogens is 265 g/mol. The third kappa shape index (κ3) is 1.77. The molecule has 1 aromatic carbocycles. The molecule has 0 heterocycles. The third-order valence-electron chi connectivity index (χ3n) is 1.62. The first-order valence-electron chi connectivity index (χ1n) is 3.58. The summed E-state index contributed by atoms with van der Waals surface area (Å²) in [5.41, 5.74) is 1.84. The Morgan fingerprint density at radius 1 is 1.42 bits per heavy atom. The van der Waals surface area contributed by atoms with Crippen LogP contribution < -0.4 is 4.90 Å². The van der Waals surface area contributed by atoms with Crippen molar-refractivity contribution in [1.82, 2.24) is 0 Å². The van der Waals surface area contributed by atoms with E-state index in [1.54, 1.807) is 0 Å². The maximum atomic E-state index is 10.6. The summed E-state index contributed by atoms with van der Waals surface area (Å²) >= 11 is 2.18. The molecule has 0 radical (unpaired) electrons. The van der Waals surface area contributed by atoms with Gasteiger partial charge in [-0.1, -0.05) is 12.1 Å². The molecule has 0 bridgehead atoms. The highest BCUT2D eigenvalue weighted by atomic mass is 127. The second-order valence-corrected chi connectivity index (χ2v) is 3.77.